The van der Waals surface area contributed by atoms with Crippen molar-refractivity contribution >= 4 is 15.7 Å². The monoisotopic (exact) mass is 358 g/mol. The number of fused-ring (bicyclic) bond motifs is 1. The minimum Gasteiger partial charge on any atom is -0.336 e. The lowest BCUT2D eigenvalue weighted by Crippen LogP contribution is -2.60. The highest BCUT2D eigenvalue weighted by Crippen LogP contribution is 2.29. The van der Waals surface area contributed by atoms with Gasteiger partial charge in [-0.25, -0.2) is 17.2 Å². The van der Waals surface area contributed by atoms with E-state index < -0.39 is 27.5 Å². The van der Waals surface area contributed by atoms with E-state index in [0.29, 0.717) is 19.5 Å². The van der Waals surface area contributed by atoms with Crippen LogP contribution in [0.1, 0.15) is 18.9 Å². The Morgan fingerprint density at radius 1 is 1.21 bits per heavy atom. The number of sulfone groups is 1. The number of amides is 1. The van der Waals surface area contributed by atoms with Gasteiger partial charge in [0, 0.05) is 37.7 Å². The molecule has 2 aliphatic rings. The standard InChI is InChI=1S/C16H20F2N2O3S/c1-2-16(21)20-6-5-19(14-9-24(22,23)10-15(14)20)8-11-7-12(17)3-4-13(11)18/h3-4,7,14-15H,2,5-6,8-10H2,1H3/t14-,15+/m1/s1. The molecule has 2 heterocycles. The number of piperazine rings is 1. The predicted molar refractivity (Wildman–Crippen MR) is 85.0 cm³/mol. The molecule has 0 unspecified atom stereocenters. The van der Waals surface area contributed by atoms with Gasteiger partial charge in [0.25, 0.3) is 0 Å². The molecule has 0 aromatic heterocycles. The molecule has 2 fully saturated rings. The van der Waals surface area contributed by atoms with Gasteiger partial charge in [0.2, 0.25) is 5.91 Å². The summed E-state index contributed by atoms with van der Waals surface area (Å²) in [7, 11) is -3.25. The summed E-state index contributed by atoms with van der Waals surface area (Å²) in [5.41, 5.74) is 0.202. The molecule has 8 heteroatoms. The summed E-state index contributed by atoms with van der Waals surface area (Å²) in [6, 6.07) is 2.48. The number of hydrogen-bond donors (Lipinski definition) is 0. The van der Waals surface area contributed by atoms with Crippen LogP contribution in [0.25, 0.3) is 0 Å². The zero-order valence-electron chi connectivity index (χ0n) is 13.4. The maximum atomic E-state index is 13.9. The molecule has 1 aromatic carbocycles. The van der Waals surface area contributed by atoms with Crippen LogP contribution in [-0.2, 0) is 21.2 Å². The fraction of sp³-hybridized carbons (Fsp3) is 0.562. The molecule has 0 radical (unpaired) electrons. The molecule has 1 amide bonds. The van der Waals surface area contributed by atoms with Gasteiger partial charge in [-0.15, -0.1) is 0 Å². The number of carbonyl (C=O) groups excluding carboxylic acids is 1. The first-order valence-corrected chi connectivity index (χ1v) is 9.80. The van der Waals surface area contributed by atoms with Crippen LogP contribution < -0.4 is 0 Å². The summed E-state index contributed by atoms with van der Waals surface area (Å²) in [5, 5.41) is 0. The number of rotatable bonds is 3. The molecule has 0 N–H and O–H groups in total. The van der Waals surface area contributed by atoms with Gasteiger partial charge < -0.3 is 4.90 Å². The summed E-state index contributed by atoms with van der Waals surface area (Å²) >= 11 is 0. The highest BCUT2D eigenvalue weighted by atomic mass is 32.2. The van der Waals surface area contributed by atoms with Crippen LogP contribution in [0.3, 0.4) is 0 Å². The van der Waals surface area contributed by atoms with Gasteiger partial charge in [0.05, 0.1) is 17.5 Å². The second-order valence-electron chi connectivity index (χ2n) is 6.36. The quantitative estimate of drug-likeness (QED) is 0.814. The second-order valence-corrected chi connectivity index (χ2v) is 8.51. The van der Waals surface area contributed by atoms with Crippen molar-refractivity contribution in [3.05, 3.63) is 35.4 Å². The van der Waals surface area contributed by atoms with Crippen molar-refractivity contribution in [2.24, 2.45) is 0 Å². The van der Waals surface area contributed by atoms with Gasteiger partial charge in [0.1, 0.15) is 11.6 Å². The van der Waals surface area contributed by atoms with Crippen LogP contribution in [0.2, 0.25) is 0 Å². The summed E-state index contributed by atoms with van der Waals surface area (Å²) in [6.45, 7) is 2.72. The van der Waals surface area contributed by atoms with Crippen molar-refractivity contribution in [2.45, 2.75) is 32.0 Å². The van der Waals surface area contributed by atoms with Gasteiger partial charge in [-0.2, -0.15) is 0 Å². The maximum absolute atomic E-state index is 13.9. The molecule has 2 atom stereocenters. The Morgan fingerprint density at radius 2 is 1.92 bits per heavy atom. The van der Waals surface area contributed by atoms with Gasteiger partial charge in [0.15, 0.2) is 9.84 Å². The third-order valence-electron chi connectivity index (χ3n) is 4.80. The molecule has 0 saturated carbocycles. The van der Waals surface area contributed by atoms with Crippen molar-refractivity contribution < 1.29 is 22.0 Å². The van der Waals surface area contributed by atoms with Crippen LogP contribution in [0.5, 0.6) is 0 Å². The summed E-state index contributed by atoms with van der Waals surface area (Å²) in [5.74, 6) is -1.23. The lowest BCUT2D eigenvalue weighted by Gasteiger charge is -2.44. The first kappa shape index (κ1) is 17.3. The van der Waals surface area contributed by atoms with Crippen LogP contribution in [0.4, 0.5) is 8.78 Å². The lowest BCUT2D eigenvalue weighted by molar-refractivity contribution is -0.136. The predicted octanol–water partition coefficient (Wildman–Crippen LogP) is 1.18. The molecule has 1 aromatic rings. The Morgan fingerprint density at radius 3 is 2.62 bits per heavy atom. The van der Waals surface area contributed by atoms with Gasteiger partial charge in [-0.3, -0.25) is 9.69 Å². The fourth-order valence-electron chi connectivity index (χ4n) is 3.62. The third-order valence-corrected chi connectivity index (χ3v) is 6.49. The van der Waals surface area contributed by atoms with E-state index in [2.05, 4.69) is 0 Å². The summed E-state index contributed by atoms with van der Waals surface area (Å²) in [4.78, 5) is 15.6. The zero-order chi connectivity index (χ0) is 17.5. The normalized spacial score (nSPS) is 26.4. The first-order valence-electron chi connectivity index (χ1n) is 7.98. The van der Waals surface area contributed by atoms with Gasteiger partial charge in [-0.05, 0) is 18.2 Å². The van der Waals surface area contributed by atoms with E-state index in [1.807, 2.05) is 4.90 Å². The van der Waals surface area contributed by atoms with E-state index in [4.69, 9.17) is 0 Å². The van der Waals surface area contributed by atoms with E-state index in [1.165, 1.54) is 0 Å². The molecule has 0 aliphatic carbocycles. The first-order chi connectivity index (χ1) is 11.3. The Hall–Kier alpha value is -1.54. The average molecular weight is 358 g/mol. The SMILES string of the molecule is CCC(=O)N1CCN(Cc2cc(F)ccc2F)[C@@H]2CS(=O)(=O)C[C@@H]21. The fourth-order valence-corrected chi connectivity index (χ4v) is 5.63. The molecule has 24 heavy (non-hydrogen) atoms. The Kier molecular flexibility index (Phi) is 4.61. The lowest BCUT2D eigenvalue weighted by atomic mass is 10.0. The van der Waals surface area contributed by atoms with E-state index in [1.54, 1.807) is 11.8 Å². The molecule has 3 rings (SSSR count). The molecule has 2 aliphatic heterocycles. The molecule has 5 nitrogen and oxygen atoms in total. The van der Waals surface area contributed by atoms with Crippen molar-refractivity contribution in [3.63, 3.8) is 0 Å². The molecular weight excluding hydrogens is 338 g/mol. The molecule has 0 bridgehead atoms. The summed E-state index contributed by atoms with van der Waals surface area (Å²) < 4.78 is 51.4. The topological polar surface area (TPSA) is 57.7 Å². The second kappa shape index (κ2) is 6.40. The van der Waals surface area contributed by atoms with Crippen molar-refractivity contribution in [2.75, 3.05) is 24.6 Å². The minimum absolute atomic E-state index is 0.0535. The van der Waals surface area contributed by atoms with E-state index in [9.17, 15) is 22.0 Å². The largest absolute Gasteiger partial charge is 0.336 e. The van der Waals surface area contributed by atoms with Crippen molar-refractivity contribution in [1.82, 2.24) is 9.80 Å². The van der Waals surface area contributed by atoms with Crippen LogP contribution in [0.15, 0.2) is 18.2 Å². The number of nitrogens with zero attached hydrogens (tertiary/aromatic N) is 2. The third kappa shape index (κ3) is 3.30. The minimum atomic E-state index is -3.25. The van der Waals surface area contributed by atoms with E-state index in [0.717, 1.165) is 18.2 Å². The maximum Gasteiger partial charge on any atom is 0.222 e. The molecule has 0 spiro atoms. The smallest absolute Gasteiger partial charge is 0.222 e. The van der Waals surface area contributed by atoms with Crippen molar-refractivity contribution in [1.29, 1.82) is 0 Å². The highest BCUT2D eigenvalue weighted by Gasteiger charge is 2.47. The molecule has 2 saturated heterocycles. The molecule has 132 valence electrons. The Balaban J connectivity index is 1.85. The van der Waals surface area contributed by atoms with Crippen LogP contribution in [0, 0.1) is 11.6 Å². The van der Waals surface area contributed by atoms with E-state index in [-0.39, 0.29) is 35.6 Å². The van der Waals surface area contributed by atoms with Crippen LogP contribution >= 0.6 is 0 Å². The van der Waals surface area contributed by atoms with E-state index >= 15 is 0 Å². The van der Waals surface area contributed by atoms with Gasteiger partial charge in [-0.1, -0.05) is 6.92 Å². The number of carbonyl (C=O) groups is 1. The number of benzene rings is 1. The average Bonchev–Trinajstić information content (AvgIpc) is 2.85. The van der Waals surface area contributed by atoms with Crippen LogP contribution in [-0.4, -0.2) is 60.8 Å². The highest BCUT2D eigenvalue weighted by molar-refractivity contribution is 7.91. The molecular formula is C16H20F2N2O3S. The Bertz CT molecular complexity index is 754. The number of hydrogen-bond acceptors (Lipinski definition) is 4. The number of halogens is 2. The summed E-state index contributed by atoms with van der Waals surface area (Å²) in [6.07, 6.45) is 0.321. The van der Waals surface area contributed by atoms with Crippen molar-refractivity contribution in [3.8, 4) is 0 Å². The zero-order valence-corrected chi connectivity index (χ0v) is 14.2. The van der Waals surface area contributed by atoms with Gasteiger partial charge >= 0.3 is 0 Å². The Labute approximate surface area is 140 Å².